The number of nitrogens with two attached hydrogens (primary N) is 1. The fourth-order valence-electron chi connectivity index (χ4n) is 2.04. The first-order chi connectivity index (χ1) is 9.10. The Morgan fingerprint density at radius 3 is 2.74 bits per heavy atom. The Hall–Kier alpha value is -2.23. The lowest BCUT2D eigenvalue weighted by Crippen LogP contribution is -2.30. The zero-order valence-corrected chi connectivity index (χ0v) is 11.2. The molecule has 0 unspecified atom stereocenters. The molecule has 0 saturated carbocycles. The maximum Gasteiger partial charge on any atom is 0.254 e. The van der Waals surface area contributed by atoms with Gasteiger partial charge in [0, 0.05) is 17.8 Å². The van der Waals surface area contributed by atoms with E-state index in [4.69, 9.17) is 10.2 Å². The van der Waals surface area contributed by atoms with Crippen LogP contribution in [0.3, 0.4) is 0 Å². The minimum Gasteiger partial charge on any atom is -0.467 e. The zero-order chi connectivity index (χ0) is 13.8. The van der Waals surface area contributed by atoms with Crippen molar-refractivity contribution in [3.63, 3.8) is 0 Å². The van der Waals surface area contributed by atoms with Crippen LogP contribution in [0.15, 0.2) is 41.0 Å². The van der Waals surface area contributed by atoms with Gasteiger partial charge < -0.3 is 15.1 Å². The van der Waals surface area contributed by atoms with Crippen LogP contribution in [0.2, 0.25) is 0 Å². The Balaban J connectivity index is 2.20. The molecule has 0 atom stereocenters. The molecule has 2 aromatic rings. The van der Waals surface area contributed by atoms with Gasteiger partial charge in [0.05, 0.1) is 12.8 Å². The normalized spacial score (nSPS) is 10.4. The van der Waals surface area contributed by atoms with E-state index in [1.54, 1.807) is 17.2 Å². The maximum atomic E-state index is 12.4. The summed E-state index contributed by atoms with van der Waals surface area (Å²) < 4.78 is 5.28. The van der Waals surface area contributed by atoms with Crippen molar-refractivity contribution >= 4 is 11.6 Å². The SMILES string of the molecule is CCN(Cc1ccco1)C(=O)c1cc(C)cc(N)c1. The average Bonchev–Trinajstić information content (AvgIpc) is 2.86. The Morgan fingerprint density at radius 1 is 1.37 bits per heavy atom. The summed E-state index contributed by atoms with van der Waals surface area (Å²) in [4.78, 5) is 14.2. The van der Waals surface area contributed by atoms with E-state index < -0.39 is 0 Å². The molecule has 0 spiro atoms. The number of aryl methyl sites for hydroxylation is 1. The number of nitrogen functional groups attached to an aromatic ring is 1. The van der Waals surface area contributed by atoms with Gasteiger partial charge in [-0.3, -0.25) is 4.79 Å². The molecule has 0 fully saturated rings. The molecule has 1 amide bonds. The molecule has 0 radical (unpaired) electrons. The Labute approximate surface area is 112 Å². The lowest BCUT2D eigenvalue weighted by molar-refractivity contribution is 0.0741. The maximum absolute atomic E-state index is 12.4. The lowest BCUT2D eigenvalue weighted by atomic mass is 10.1. The first kappa shape index (κ1) is 13.2. The van der Waals surface area contributed by atoms with Crippen LogP contribution >= 0.6 is 0 Å². The van der Waals surface area contributed by atoms with E-state index in [0.717, 1.165) is 11.3 Å². The van der Waals surface area contributed by atoms with Crippen molar-refractivity contribution in [2.45, 2.75) is 20.4 Å². The summed E-state index contributed by atoms with van der Waals surface area (Å²) in [6.07, 6.45) is 1.61. The molecule has 0 aliphatic heterocycles. The van der Waals surface area contributed by atoms with E-state index in [1.807, 2.05) is 38.1 Å². The number of rotatable bonds is 4. The highest BCUT2D eigenvalue weighted by molar-refractivity contribution is 5.95. The van der Waals surface area contributed by atoms with E-state index in [-0.39, 0.29) is 5.91 Å². The van der Waals surface area contributed by atoms with Gasteiger partial charge in [0.1, 0.15) is 5.76 Å². The summed E-state index contributed by atoms with van der Waals surface area (Å²) in [5.41, 5.74) is 7.99. The largest absolute Gasteiger partial charge is 0.467 e. The number of nitrogens with zero attached hydrogens (tertiary/aromatic N) is 1. The van der Waals surface area contributed by atoms with E-state index in [9.17, 15) is 4.79 Å². The number of furan rings is 1. The topological polar surface area (TPSA) is 59.5 Å². The van der Waals surface area contributed by atoms with Crippen molar-refractivity contribution in [3.8, 4) is 0 Å². The number of hydrogen-bond donors (Lipinski definition) is 1. The van der Waals surface area contributed by atoms with Gasteiger partial charge in [0.2, 0.25) is 0 Å². The van der Waals surface area contributed by atoms with Crippen LogP contribution in [-0.2, 0) is 6.54 Å². The van der Waals surface area contributed by atoms with Crippen LogP contribution in [0.1, 0.15) is 28.6 Å². The first-order valence-corrected chi connectivity index (χ1v) is 6.29. The molecule has 2 rings (SSSR count). The van der Waals surface area contributed by atoms with Crippen molar-refractivity contribution < 1.29 is 9.21 Å². The third-order valence-corrected chi connectivity index (χ3v) is 2.94. The highest BCUT2D eigenvalue weighted by Crippen LogP contribution is 2.15. The van der Waals surface area contributed by atoms with Gasteiger partial charge in [-0.05, 0) is 49.7 Å². The second-order valence-electron chi connectivity index (χ2n) is 4.53. The molecular weight excluding hydrogens is 240 g/mol. The van der Waals surface area contributed by atoms with Gasteiger partial charge in [0.15, 0.2) is 0 Å². The Bertz CT molecular complexity index is 541. The van der Waals surface area contributed by atoms with Gasteiger partial charge in [-0.15, -0.1) is 0 Å². The molecular formula is C15H18N2O2. The minimum atomic E-state index is -0.0331. The summed E-state index contributed by atoms with van der Waals surface area (Å²) in [5, 5.41) is 0. The van der Waals surface area contributed by atoms with Crippen molar-refractivity contribution in [1.82, 2.24) is 4.90 Å². The molecule has 0 aliphatic carbocycles. The van der Waals surface area contributed by atoms with Crippen molar-refractivity contribution in [3.05, 3.63) is 53.5 Å². The van der Waals surface area contributed by atoms with E-state index in [2.05, 4.69) is 0 Å². The van der Waals surface area contributed by atoms with Crippen LogP contribution in [-0.4, -0.2) is 17.4 Å². The summed E-state index contributed by atoms with van der Waals surface area (Å²) >= 11 is 0. The molecule has 100 valence electrons. The average molecular weight is 258 g/mol. The predicted octanol–water partition coefficient (Wildman–Crippen LogP) is 2.83. The smallest absolute Gasteiger partial charge is 0.254 e. The standard InChI is InChI=1S/C15H18N2O2/c1-3-17(10-14-5-4-6-19-14)15(18)12-7-11(2)8-13(16)9-12/h4-9H,3,10,16H2,1-2H3. The highest BCUT2D eigenvalue weighted by atomic mass is 16.3. The summed E-state index contributed by atoms with van der Waals surface area (Å²) in [6, 6.07) is 9.09. The van der Waals surface area contributed by atoms with Gasteiger partial charge in [-0.2, -0.15) is 0 Å². The monoisotopic (exact) mass is 258 g/mol. The van der Waals surface area contributed by atoms with Gasteiger partial charge >= 0.3 is 0 Å². The number of carbonyl (C=O) groups excluding carboxylic acids is 1. The van der Waals surface area contributed by atoms with Gasteiger partial charge in [-0.25, -0.2) is 0 Å². The molecule has 1 aromatic carbocycles. The second-order valence-corrected chi connectivity index (χ2v) is 4.53. The fourth-order valence-corrected chi connectivity index (χ4v) is 2.04. The van der Waals surface area contributed by atoms with E-state index >= 15 is 0 Å². The molecule has 2 N–H and O–H groups in total. The molecule has 0 aliphatic rings. The van der Waals surface area contributed by atoms with Crippen LogP contribution in [0, 0.1) is 6.92 Å². The van der Waals surface area contributed by atoms with E-state index in [0.29, 0.717) is 24.3 Å². The second kappa shape index (κ2) is 5.61. The molecule has 0 bridgehead atoms. The summed E-state index contributed by atoms with van der Waals surface area (Å²) in [7, 11) is 0. The van der Waals surface area contributed by atoms with Crippen LogP contribution in [0.25, 0.3) is 0 Å². The molecule has 4 nitrogen and oxygen atoms in total. The third kappa shape index (κ3) is 3.16. The van der Waals surface area contributed by atoms with E-state index in [1.165, 1.54) is 0 Å². The lowest BCUT2D eigenvalue weighted by Gasteiger charge is -2.20. The zero-order valence-electron chi connectivity index (χ0n) is 11.2. The molecule has 1 heterocycles. The van der Waals surface area contributed by atoms with Crippen LogP contribution in [0.5, 0.6) is 0 Å². The quantitative estimate of drug-likeness (QED) is 0.858. The molecule has 4 heteroatoms. The number of hydrogen-bond acceptors (Lipinski definition) is 3. The number of benzene rings is 1. The first-order valence-electron chi connectivity index (χ1n) is 6.29. The van der Waals surface area contributed by atoms with Crippen LogP contribution < -0.4 is 5.73 Å². The minimum absolute atomic E-state index is 0.0331. The van der Waals surface area contributed by atoms with Gasteiger partial charge in [0.25, 0.3) is 5.91 Å². The fraction of sp³-hybridized carbons (Fsp3) is 0.267. The summed E-state index contributed by atoms with van der Waals surface area (Å²) in [5.74, 6) is 0.741. The molecule has 1 aromatic heterocycles. The Kier molecular flexibility index (Phi) is 3.90. The number of anilines is 1. The van der Waals surface area contributed by atoms with Gasteiger partial charge in [-0.1, -0.05) is 0 Å². The number of carbonyl (C=O) groups is 1. The number of amides is 1. The third-order valence-electron chi connectivity index (χ3n) is 2.94. The molecule has 0 saturated heterocycles. The van der Waals surface area contributed by atoms with Crippen molar-refractivity contribution in [2.24, 2.45) is 0 Å². The summed E-state index contributed by atoms with van der Waals surface area (Å²) in [6.45, 7) is 4.96. The van der Waals surface area contributed by atoms with Crippen LogP contribution in [0.4, 0.5) is 5.69 Å². The predicted molar refractivity (Wildman–Crippen MR) is 74.7 cm³/mol. The Morgan fingerprint density at radius 2 is 2.16 bits per heavy atom. The molecule has 19 heavy (non-hydrogen) atoms. The van der Waals surface area contributed by atoms with Crippen molar-refractivity contribution in [2.75, 3.05) is 12.3 Å². The highest BCUT2D eigenvalue weighted by Gasteiger charge is 2.16. The van der Waals surface area contributed by atoms with Crippen molar-refractivity contribution in [1.29, 1.82) is 0 Å².